The highest BCUT2D eigenvalue weighted by molar-refractivity contribution is 5.75. The highest BCUT2D eigenvalue weighted by Crippen LogP contribution is 2.19. The third-order valence-corrected chi connectivity index (χ3v) is 4.36. The normalized spacial score (nSPS) is 13.8. The predicted octanol–water partition coefficient (Wildman–Crippen LogP) is 2.36. The molecule has 12 heteroatoms. The summed E-state index contributed by atoms with van der Waals surface area (Å²) in [4.78, 5) is 45.3. The number of anilines is 1. The Kier molecular flexibility index (Phi) is 19.3. The number of ether oxygens (including phenoxy) is 1. The van der Waals surface area contributed by atoms with E-state index in [1.807, 2.05) is 33.2 Å². The summed E-state index contributed by atoms with van der Waals surface area (Å²) in [6, 6.07) is 4.13. The molecule has 6 N–H and O–H groups in total. The van der Waals surface area contributed by atoms with Crippen molar-refractivity contribution in [3.8, 4) is 0 Å². The topological polar surface area (TPSA) is 192 Å². The molecular formula is C25H44N4O8. The summed E-state index contributed by atoms with van der Waals surface area (Å²) in [6.07, 6.45) is 7.46. The van der Waals surface area contributed by atoms with Gasteiger partial charge in [-0.1, -0.05) is 0 Å². The highest BCUT2D eigenvalue weighted by atomic mass is 16.6. The SMILES string of the molecule is CC(=O)O.CC(=O)O.CC(=O)O.CC(C)(C)OC(=O)[C@@H](N)CCCNC1CCN(c2ccncc2)CC1. The molecule has 0 radical (unpaired) electrons. The van der Waals surface area contributed by atoms with Crippen molar-refractivity contribution in [2.24, 2.45) is 5.73 Å². The minimum atomic E-state index is -0.833. The van der Waals surface area contributed by atoms with E-state index < -0.39 is 29.6 Å². The van der Waals surface area contributed by atoms with Gasteiger partial charge >= 0.3 is 5.97 Å². The van der Waals surface area contributed by atoms with Crippen molar-refractivity contribution in [2.45, 2.75) is 84.9 Å². The molecule has 37 heavy (non-hydrogen) atoms. The van der Waals surface area contributed by atoms with Crippen LogP contribution in [0.1, 0.15) is 67.2 Å². The maximum Gasteiger partial charge on any atom is 0.323 e. The van der Waals surface area contributed by atoms with E-state index in [0.717, 1.165) is 59.7 Å². The number of aliphatic carboxylic acids is 3. The Labute approximate surface area is 219 Å². The van der Waals surface area contributed by atoms with Crippen molar-refractivity contribution in [3.63, 3.8) is 0 Å². The predicted molar refractivity (Wildman–Crippen MR) is 140 cm³/mol. The van der Waals surface area contributed by atoms with Crippen LogP contribution in [0, 0.1) is 0 Å². The van der Waals surface area contributed by atoms with E-state index in [0.29, 0.717) is 12.5 Å². The summed E-state index contributed by atoms with van der Waals surface area (Å²) in [5.74, 6) is -2.81. The van der Waals surface area contributed by atoms with E-state index in [9.17, 15) is 4.79 Å². The number of piperidine rings is 1. The van der Waals surface area contributed by atoms with Gasteiger partial charge in [0.25, 0.3) is 17.9 Å². The third-order valence-electron chi connectivity index (χ3n) is 4.36. The van der Waals surface area contributed by atoms with Gasteiger partial charge in [-0.15, -0.1) is 0 Å². The Balaban J connectivity index is 0. The number of aromatic nitrogens is 1. The highest BCUT2D eigenvalue weighted by Gasteiger charge is 2.22. The van der Waals surface area contributed by atoms with Gasteiger partial charge in [0.2, 0.25) is 0 Å². The number of nitrogens with zero attached hydrogens (tertiary/aromatic N) is 2. The van der Waals surface area contributed by atoms with E-state index >= 15 is 0 Å². The van der Waals surface area contributed by atoms with Crippen LogP contribution in [0.4, 0.5) is 5.69 Å². The zero-order valence-corrected chi connectivity index (χ0v) is 22.8. The summed E-state index contributed by atoms with van der Waals surface area (Å²) in [5.41, 5.74) is 6.68. The molecule has 1 aliphatic rings. The maximum absolute atomic E-state index is 11.8. The van der Waals surface area contributed by atoms with E-state index in [1.54, 1.807) is 0 Å². The molecular weight excluding hydrogens is 484 g/mol. The van der Waals surface area contributed by atoms with Crippen LogP contribution in [0.15, 0.2) is 24.5 Å². The van der Waals surface area contributed by atoms with Crippen LogP contribution in [0.2, 0.25) is 0 Å². The number of carboxylic acids is 3. The van der Waals surface area contributed by atoms with Gasteiger partial charge in [-0.05, 0) is 65.1 Å². The molecule has 1 aromatic rings. The number of hydrogen-bond acceptors (Lipinski definition) is 9. The largest absolute Gasteiger partial charge is 0.481 e. The number of rotatable bonds is 7. The summed E-state index contributed by atoms with van der Waals surface area (Å²) in [7, 11) is 0. The van der Waals surface area contributed by atoms with Crippen molar-refractivity contribution < 1.29 is 39.2 Å². The number of nitrogens with two attached hydrogens (primary N) is 1. The zero-order chi connectivity index (χ0) is 29.0. The number of carbonyl (C=O) groups is 4. The third kappa shape index (κ3) is 25.6. The molecule has 0 bridgehead atoms. The van der Waals surface area contributed by atoms with Crippen LogP contribution in [0.5, 0.6) is 0 Å². The molecule has 0 unspecified atom stereocenters. The van der Waals surface area contributed by atoms with E-state index in [1.165, 1.54) is 5.69 Å². The van der Waals surface area contributed by atoms with E-state index in [4.69, 9.17) is 40.2 Å². The molecule has 0 amide bonds. The number of pyridine rings is 1. The van der Waals surface area contributed by atoms with E-state index in [2.05, 4.69) is 27.3 Å². The van der Waals surface area contributed by atoms with Gasteiger partial charge in [0, 0.05) is 58.0 Å². The Morgan fingerprint density at radius 1 is 1.03 bits per heavy atom. The first kappa shape index (κ1) is 35.9. The number of carboxylic acid groups (broad SMARTS) is 3. The first-order chi connectivity index (χ1) is 17.0. The van der Waals surface area contributed by atoms with Crippen LogP contribution >= 0.6 is 0 Å². The van der Waals surface area contributed by atoms with Crippen LogP contribution < -0.4 is 16.0 Å². The average Bonchev–Trinajstić information content (AvgIpc) is 2.75. The summed E-state index contributed by atoms with van der Waals surface area (Å²) < 4.78 is 5.31. The summed E-state index contributed by atoms with van der Waals surface area (Å²) in [6.45, 7) is 11.8. The van der Waals surface area contributed by atoms with Crippen molar-refractivity contribution in [3.05, 3.63) is 24.5 Å². The molecule has 0 saturated carbocycles. The minimum absolute atomic E-state index is 0.307. The van der Waals surface area contributed by atoms with Gasteiger partial charge in [-0.25, -0.2) is 0 Å². The van der Waals surface area contributed by atoms with Crippen molar-refractivity contribution in [2.75, 3.05) is 24.5 Å². The molecule has 1 aromatic heterocycles. The van der Waals surface area contributed by atoms with Crippen LogP contribution in [0.3, 0.4) is 0 Å². The molecule has 1 atom stereocenters. The van der Waals surface area contributed by atoms with Gasteiger partial charge in [0.15, 0.2) is 0 Å². The molecule has 12 nitrogen and oxygen atoms in total. The Morgan fingerprint density at radius 3 is 1.86 bits per heavy atom. The molecule has 1 aliphatic heterocycles. The summed E-state index contributed by atoms with van der Waals surface area (Å²) >= 11 is 0. The Bertz CT molecular complexity index is 751. The van der Waals surface area contributed by atoms with Crippen LogP contribution in [0.25, 0.3) is 0 Å². The second-order valence-electron chi connectivity index (χ2n) is 9.26. The Morgan fingerprint density at radius 2 is 1.46 bits per heavy atom. The van der Waals surface area contributed by atoms with Gasteiger partial charge in [-0.3, -0.25) is 24.2 Å². The second-order valence-corrected chi connectivity index (χ2v) is 9.26. The van der Waals surface area contributed by atoms with Crippen molar-refractivity contribution in [1.29, 1.82) is 0 Å². The van der Waals surface area contributed by atoms with Crippen molar-refractivity contribution >= 4 is 29.6 Å². The lowest BCUT2D eigenvalue weighted by molar-refractivity contribution is -0.156. The van der Waals surface area contributed by atoms with Gasteiger partial charge in [0.05, 0.1) is 0 Å². The molecule has 2 heterocycles. The number of esters is 1. The smallest absolute Gasteiger partial charge is 0.323 e. The van der Waals surface area contributed by atoms with Gasteiger partial charge in [-0.2, -0.15) is 0 Å². The average molecular weight is 529 g/mol. The first-order valence-electron chi connectivity index (χ1n) is 12.0. The quantitative estimate of drug-likeness (QED) is 0.257. The zero-order valence-electron chi connectivity index (χ0n) is 22.8. The van der Waals surface area contributed by atoms with Gasteiger partial charge < -0.3 is 36.0 Å². The number of hydrogen-bond donors (Lipinski definition) is 5. The summed E-state index contributed by atoms with van der Waals surface area (Å²) in [5, 5.41) is 25.8. The lowest BCUT2D eigenvalue weighted by Gasteiger charge is -2.34. The molecule has 212 valence electrons. The fourth-order valence-electron chi connectivity index (χ4n) is 3.02. The van der Waals surface area contributed by atoms with Crippen LogP contribution in [-0.4, -0.2) is 81.5 Å². The maximum atomic E-state index is 11.8. The van der Waals surface area contributed by atoms with E-state index in [-0.39, 0.29) is 5.97 Å². The fourth-order valence-corrected chi connectivity index (χ4v) is 3.02. The first-order valence-corrected chi connectivity index (χ1v) is 12.0. The molecule has 0 aliphatic carbocycles. The second kappa shape index (κ2) is 19.9. The molecule has 1 saturated heterocycles. The lowest BCUT2D eigenvalue weighted by Crippen LogP contribution is -2.43. The monoisotopic (exact) mass is 528 g/mol. The molecule has 2 rings (SSSR count). The van der Waals surface area contributed by atoms with Crippen LogP contribution in [-0.2, 0) is 23.9 Å². The minimum Gasteiger partial charge on any atom is -0.481 e. The number of nitrogens with one attached hydrogen (secondary N) is 1. The standard InChI is InChI=1S/C19H32N4O2.3C2H4O2/c1-19(2,3)25-18(24)17(20)5-4-10-22-15-8-13-23(14-9-15)16-6-11-21-12-7-16;3*1-2(3)4/h6-7,11-12,15,17,22H,4-5,8-10,13-14,20H2,1-3H3;3*1H3,(H,3,4)/t17-;;;/m0.../s1. The van der Waals surface area contributed by atoms with Gasteiger partial charge in [0.1, 0.15) is 11.6 Å². The van der Waals surface area contributed by atoms with Crippen molar-refractivity contribution in [1.82, 2.24) is 10.3 Å². The lowest BCUT2D eigenvalue weighted by atomic mass is 10.0. The molecule has 0 spiro atoms. The molecule has 1 fully saturated rings. The fraction of sp³-hybridized carbons (Fsp3) is 0.640. The Hall–Kier alpha value is -3.25. The number of carbonyl (C=O) groups excluding carboxylic acids is 1. The molecule has 0 aromatic carbocycles.